The summed E-state index contributed by atoms with van der Waals surface area (Å²) in [5.74, 6) is -0.00227. The van der Waals surface area contributed by atoms with E-state index in [1.165, 1.54) is 6.07 Å². The maximum absolute atomic E-state index is 11.0. The van der Waals surface area contributed by atoms with Crippen molar-refractivity contribution in [3.63, 3.8) is 0 Å². The molecule has 0 spiro atoms. The molecule has 0 aromatic heterocycles. The zero-order valence-corrected chi connectivity index (χ0v) is 9.38. The van der Waals surface area contributed by atoms with Crippen molar-refractivity contribution in [1.29, 1.82) is 0 Å². The minimum absolute atomic E-state index is 0.161. The highest BCUT2D eigenvalue weighted by molar-refractivity contribution is 5.90. The molecule has 17 heavy (non-hydrogen) atoms. The zero-order chi connectivity index (χ0) is 12.3. The van der Waals surface area contributed by atoms with Crippen LogP contribution in [0, 0.1) is 6.92 Å². The average molecular weight is 228 g/mol. The summed E-state index contributed by atoms with van der Waals surface area (Å²) in [5.41, 5.74) is 1.23. The monoisotopic (exact) mass is 228 g/mol. The summed E-state index contributed by atoms with van der Waals surface area (Å²) in [6.45, 7) is 1.95. The molecular weight excluding hydrogens is 216 g/mol. The van der Waals surface area contributed by atoms with Gasteiger partial charge in [-0.05, 0) is 36.8 Å². The third-order valence-electron chi connectivity index (χ3n) is 2.33. The van der Waals surface area contributed by atoms with E-state index < -0.39 is 5.97 Å². The lowest BCUT2D eigenvalue weighted by atomic mass is 10.2. The quantitative estimate of drug-likeness (QED) is 0.874. The van der Waals surface area contributed by atoms with E-state index in [4.69, 9.17) is 9.84 Å². The number of carboxylic acid groups (broad SMARTS) is 1. The minimum Gasteiger partial charge on any atom is -0.478 e. The van der Waals surface area contributed by atoms with Crippen LogP contribution < -0.4 is 4.74 Å². The van der Waals surface area contributed by atoms with Crippen molar-refractivity contribution in [2.24, 2.45) is 0 Å². The van der Waals surface area contributed by atoms with Crippen LogP contribution in [0.2, 0.25) is 0 Å². The molecule has 0 bridgehead atoms. The van der Waals surface area contributed by atoms with Crippen LogP contribution >= 0.6 is 0 Å². The molecule has 0 radical (unpaired) electrons. The van der Waals surface area contributed by atoms with E-state index in [-0.39, 0.29) is 5.56 Å². The van der Waals surface area contributed by atoms with Crippen molar-refractivity contribution in [3.8, 4) is 11.5 Å². The Morgan fingerprint density at radius 3 is 2.59 bits per heavy atom. The van der Waals surface area contributed by atoms with Gasteiger partial charge in [0, 0.05) is 0 Å². The van der Waals surface area contributed by atoms with Crippen molar-refractivity contribution in [2.75, 3.05) is 0 Å². The van der Waals surface area contributed by atoms with E-state index in [0.29, 0.717) is 11.5 Å². The molecule has 3 nitrogen and oxygen atoms in total. The number of carbonyl (C=O) groups is 1. The van der Waals surface area contributed by atoms with Gasteiger partial charge in [-0.1, -0.05) is 24.3 Å². The number of hydrogen-bond acceptors (Lipinski definition) is 2. The minimum atomic E-state index is -0.992. The van der Waals surface area contributed by atoms with Crippen molar-refractivity contribution < 1.29 is 14.6 Å². The Morgan fingerprint density at radius 2 is 1.88 bits per heavy atom. The van der Waals surface area contributed by atoms with Crippen LogP contribution in [-0.2, 0) is 0 Å². The summed E-state index contributed by atoms with van der Waals surface area (Å²) in [7, 11) is 0. The van der Waals surface area contributed by atoms with Crippen LogP contribution in [0.15, 0.2) is 48.5 Å². The first-order valence-electron chi connectivity index (χ1n) is 5.23. The van der Waals surface area contributed by atoms with E-state index in [1.807, 2.05) is 25.1 Å². The van der Waals surface area contributed by atoms with E-state index in [2.05, 4.69) is 0 Å². The molecule has 3 heteroatoms. The smallest absolute Gasteiger partial charge is 0.339 e. The SMILES string of the molecule is Cc1cccc(Oc2ccccc2C(=O)O)c1. The number of aromatic carboxylic acids is 1. The van der Waals surface area contributed by atoms with Crippen LogP contribution in [0.25, 0.3) is 0 Å². The van der Waals surface area contributed by atoms with Gasteiger partial charge in [0.2, 0.25) is 0 Å². The normalized spacial score (nSPS) is 9.94. The van der Waals surface area contributed by atoms with Gasteiger partial charge < -0.3 is 9.84 Å². The van der Waals surface area contributed by atoms with Gasteiger partial charge in [0.05, 0.1) is 0 Å². The Morgan fingerprint density at radius 1 is 1.12 bits per heavy atom. The van der Waals surface area contributed by atoms with Gasteiger partial charge in [-0.25, -0.2) is 4.79 Å². The number of hydrogen-bond donors (Lipinski definition) is 1. The highest BCUT2D eigenvalue weighted by Crippen LogP contribution is 2.25. The molecule has 0 aliphatic heterocycles. The molecule has 0 aliphatic carbocycles. The Balaban J connectivity index is 2.33. The van der Waals surface area contributed by atoms with Gasteiger partial charge in [-0.3, -0.25) is 0 Å². The maximum atomic E-state index is 11.0. The first-order valence-corrected chi connectivity index (χ1v) is 5.23. The molecule has 2 aromatic rings. The van der Waals surface area contributed by atoms with Crippen LogP contribution in [-0.4, -0.2) is 11.1 Å². The fourth-order valence-corrected chi connectivity index (χ4v) is 1.54. The molecule has 86 valence electrons. The third-order valence-corrected chi connectivity index (χ3v) is 2.33. The van der Waals surface area contributed by atoms with Crippen LogP contribution in [0.3, 0.4) is 0 Å². The average Bonchev–Trinajstić information content (AvgIpc) is 2.29. The predicted molar refractivity (Wildman–Crippen MR) is 64.7 cm³/mol. The molecule has 0 saturated heterocycles. The molecular formula is C14H12O3. The summed E-state index contributed by atoms with van der Waals surface area (Å²) in [6, 6.07) is 14.1. The maximum Gasteiger partial charge on any atom is 0.339 e. The lowest BCUT2D eigenvalue weighted by Gasteiger charge is -2.08. The molecule has 2 rings (SSSR count). The predicted octanol–water partition coefficient (Wildman–Crippen LogP) is 3.49. The summed E-state index contributed by atoms with van der Waals surface area (Å²) in [5, 5.41) is 9.02. The lowest BCUT2D eigenvalue weighted by molar-refractivity contribution is 0.0694. The summed E-state index contributed by atoms with van der Waals surface area (Å²) >= 11 is 0. The highest BCUT2D eigenvalue weighted by atomic mass is 16.5. The molecule has 0 saturated carbocycles. The van der Waals surface area contributed by atoms with E-state index in [1.54, 1.807) is 24.3 Å². The van der Waals surface area contributed by atoms with Crippen molar-refractivity contribution in [2.45, 2.75) is 6.92 Å². The van der Waals surface area contributed by atoms with E-state index in [0.717, 1.165) is 5.56 Å². The fraction of sp³-hybridized carbons (Fsp3) is 0.0714. The first kappa shape index (κ1) is 11.2. The van der Waals surface area contributed by atoms with Crippen molar-refractivity contribution in [1.82, 2.24) is 0 Å². The topological polar surface area (TPSA) is 46.5 Å². The molecule has 0 fully saturated rings. The summed E-state index contributed by atoms with van der Waals surface area (Å²) < 4.78 is 5.57. The lowest BCUT2D eigenvalue weighted by Crippen LogP contribution is -1.99. The standard InChI is InChI=1S/C14H12O3/c1-10-5-4-6-11(9-10)17-13-8-3-2-7-12(13)14(15)16/h2-9H,1H3,(H,15,16). The molecule has 0 amide bonds. The van der Waals surface area contributed by atoms with Gasteiger partial charge >= 0.3 is 5.97 Å². The van der Waals surface area contributed by atoms with Gasteiger partial charge in [0.1, 0.15) is 17.1 Å². The Kier molecular flexibility index (Phi) is 3.10. The van der Waals surface area contributed by atoms with Crippen molar-refractivity contribution in [3.05, 3.63) is 59.7 Å². The van der Waals surface area contributed by atoms with E-state index in [9.17, 15) is 4.79 Å². The molecule has 0 unspecified atom stereocenters. The van der Waals surface area contributed by atoms with Crippen LogP contribution in [0.5, 0.6) is 11.5 Å². The number of ether oxygens (including phenoxy) is 1. The van der Waals surface area contributed by atoms with E-state index >= 15 is 0 Å². The second-order valence-corrected chi connectivity index (χ2v) is 3.72. The van der Waals surface area contributed by atoms with Gasteiger partial charge in [0.15, 0.2) is 0 Å². The number of aryl methyl sites for hydroxylation is 1. The number of benzene rings is 2. The summed E-state index contributed by atoms with van der Waals surface area (Å²) in [4.78, 5) is 11.0. The Hall–Kier alpha value is -2.29. The van der Waals surface area contributed by atoms with Gasteiger partial charge in [-0.2, -0.15) is 0 Å². The Bertz CT molecular complexity index is 547. The van der Waals surface area contributed by atoms with Crippen LogP contribution in [0.4, 0.5) is 0 Å². The highest BCUT2D eigenvalue weighted by Gasteiger charge is 2.10. The largest absolute Gasteiger partial charge is 0.478 e. The van der Waals surface area contributed by atoms with Gasteiger partial charge in [0.25, 0.3) is 0 Å². The number of carboxylic acids is 1. The first-order chi connectivity index (χ1) is 8.16. The second kappa shape index (κ2) is 4.70. The molecule has 2 aromatic carbocycles. The van der Waals surface area contributed by atoms with Crippen LogP contribution in [0.1, 0.15) is 15.9 Å². The van der Waals surface area contributed by atoms with Gasteiger partial charge in [-0.15, -0.1) is 0 Å². The Labute approximate surface area is 99.3 Å². The molecule has 1 N–H and O–H groups in total. The fourth-order valence-electron chi connectivity index (χ4n) is 1.54. The third kappa shape index (κ3) is 2.64. The molecule has 0 heterocycles. The number of rotatable bonds is 3. The zero-order valence-electron chi connectivity index (χ0n) is 9.38. The molecule has 0 aliphatic rings. The number of para-hydroxylation sites is 1. The van der Waals surface area contributed by atoms with Crippen molar-refractivity contribution >= 4 is 5.97 Å². The molecule has 0 atom stereocenters. The summed E-state index contributed by atoms with van der Waals surface area (Å²) in [6.07, 6.45) is 0. The second-order valence-electron chi connectivity index (χ2n) is 3.72.